The van der Waals surface area contributed by atoms with Gasteiger partial charge in [0.15, 0.2) is 5.84 Å². The van der Waals surface area contributed by atoms with Gasteiger partial charge in [-0.25, -0.2) is 4.39 Å². The van der Waals surface area contributed by atoms with Gasteiger partial charge in [-0.1, -0.05) is 33.2 Å². The van der Waals surface area contributed by atoms with Crippen molar-refractivity contribution < 1.29 is 9.60 Å². The first kappa shape index (κ1) is 15.3. The topological polar surface area (TPSA) is 61.8 Å². The maximum absolute atomic E-state index is 13.4. The van der Waals surface area contributed by atoms with Crippen molar-refractivity contribution in [2.75, 3.05) is 11.9 Å². The summed E-state index contributed by atoms with van der Waals surface area (Å²) in [6, 6.07) is 12.1. The van der Waals surface area contributed by atoms with Crippen LogP contribution in [0, 0.1) is 5.82 Å². The van der Waals surface area contributed by atoms with Crippen molar-refractivity contribution in [3.05, 3.63) is 63.9 Å². The minimum atomic E-state index is -0.433. The average molecular weight is 352 g/mol. The predicted molar refractivity (Wildman–Crippen MR) is 85.2 cm³/mol. The Balaban J connectivity index is 2.30. The molecule has 110 valence electrons. The van der Waals surface area contributed by atoms with Gasteiger partial charge in [0.25, 0.3) is 0 Å². The third-order valence-corrected chi connectivity index (χ3v) is 3.62. The maximum atomic E-state index is 13.4. The third-order valence-electron chi connectivity index (χ3n) is 3.09. The van der Waals surface area contributed by atoms with E-state index in [0.717, 1.165) is 10.0 Å². The fourth-order valence-corrected chi connectivity index (χ4v) is 2.31. The van der Waals surface area contributed by atoms with Crippen LogP contribution in [0.4, 0.5) is 10.1 Å². The van der Waals surface area contributed by atoms with Gasteiger partial charge in [-0.15, -0.1) is 0 Å². The first-order chi connectivity index (χ1) is 10.0. The highest BCUT2D eigenvalue weighted by Crippen LogP contribution is 2.23. The minimum Gasteiger partial charge on any atom is -0.409 e. The molecule has 0 radical (unpaired) electrons. The van der Waals surface area contributed by atoms with Crippen LogP contribution in [0.15, 0.2) is 52.1 Å². The van der Waals surface area contributed by atoms with Gasteiger partial charge in [-0.05, 0) is 35.9 Å². The number of benzene rings is 2. The molecule has 0 aliphatic rings. The molecule has 0 saturated heterocycles. The zero-order valence-corrected chi connectivity index (χ0v) is 13.0. The standard InChI is InChI=1S/C15H15BrFN3O/c1-20(9-10-2-4-11(16)5-3-10)14-7-6-12(17)8-13(14)15(18)19-21/h2-8,21H,9H2,1H3,(H2,18,19). The van der Waals surface area contributed by atoms with E-state index in [-0.39, 0.29) is 5.84 Å². The third kappa shape index (κ3) is 3.72. The van der Waals surface area contributed by atoms with E-state index in [1.807, 2.05) is 36.2 Å². The van der Waals surface area contributed by atoms with Crippen LogP contribution >= 0.6 is 15.9 Å². The van der Waals surface area contributed by atoms with Crippen LogP contribution in [0.25, 0.3) is 0 Å². The molecular formula is C15H15BrFN3O. The molecule has 0 bridgehead atoms. The van der Waals surface area contributed by atoms with E-state index in [1.54, 1.807) is 6.07 Å². The van der Waals surface area contributed by atoms with Crippen molar-refractivity contribution >= 4 is 27.5 Å². The van der Waals surface area contributed by atoms with Crippen LogP contribution in [-0.2, 0) is 6.54 Å². The molecule has 6 heteroatoms. The number of amidine groups is 1. The molecule has 0 aromatic heterocycles. The molecular weight excluding hydrogens is 337 g/mol. The summed E-state index contributed by atoms with van der Waals surface area (Å²) in [6.07, 6.45) is 0. The zero-order valence-electron chi connectivity index (χ0n) is 11.4. The van der Waals surface area contributed by atoms with Crippen LogP contribution in [0.5, 0.6) is 0 Å². The molecule has 21 heavy (non-hydrogen) atoms. The number of anilines is 1. The smallest absolute Gasteiger partial charge is 0.172 e. The summed E-state index contributed by atoms with van der Waals surface area (Å²) in [6.45, 7) is 0.616. The Morgan fingerprint density at radius 3 is 2.57 bits per heavy atom. The Hall–Kier alpha value is -2.08. The van der Waals surface area contributed by atoms with Gasteiger partial charge < -0.3 is 15.8 Å². The Morgan fingerprint density at radius 2 is 1.95 bits per heavy atom. The monoisotopic (exact) mass is 351 g/mol. The highest BCUT2D eigenvalue weighted by atomic mass is 79.9. The summed E-state index contributed by atoms with van der Waals surface area (Å²) in [5.41, 5.74) is 7.76. The number of hydrogen-bond acceptors (Lipinski definition) is 3. The molecule has 0 aliphatic carbocycles. The Morgan fingerprint density at radius 1 is 1.29 bits per heavy atom. The number of oxime groups is 1. The number of halogens is 2. The van der Waals surface area contributed by atoms with Crippen molar-refractivity contribution in [2.24, 2.45) is 10.9 Å². The highest BCUT2D eigenvalue weighted by molar-refractivity contribution is 9.10. The molecule has 0 fully saturated rings. The summed E-state index contributed by atoms with van der Waals surface area (Å²) in [5.74, 6) is -0.551. The lowest BCUT2D eigenvalue weighted by Crippen LogP contribution is -2.22. The second-order valence-corrected chi connectivity index (χ2v) is 5.54. The molecule has 2 aromatic rings. The van der Waals surface area contributed by atoms with E-state index in [2.05, 4.69) is 21.1 Å². The molecule has 2 rings (SSSR count). The fraction of sp³-hybridized carbons (Fsp3) is 0.133. The van der Waals surface area contributed by atoms with Crippen LogP contribution < -0.4 is 10.6 Å². The van der Waals surface area contributed by atoms with E-state index in [0.29, 0.717) is 17.8 Å². The molecule has 0 atom stereocenters. The van der Waals surface area contributed by atoms with E-state index >= 15 is 0 Å². The van der Waals surface area contributed by atoms with Gasteiger partial charge >= 0.3 is 0 Å². The second kappa shape index (κ2) is 6.58. The van der Waals surface area contributed by atoms with E-state index < -0.39 is 5.82 Å². The Kier molecular flexibility index (Phi) is 4.80. The average Bonchev–Trinajstić information content (AvgIpc) is 2.48. The SMILES string of the molecule is CN(Cc1ccc(Br)cc1)c1ccc(F)cc1C(N)=NO. The van der Waals surface area contributed by atoms with Gasteiger partial charge in [-0.2, -0.15) is 0 Å². The van der Waals surface area contributed by atoms with Gasteiger partial charge in [-0.3, -0.25) is 0 Å². The van der Waals surface area contributed by atoms with Crippen LogP contribution in [0.1, 0.15) is 11.1 Å². The number of nitrogens with two attached hydrogens (primary N) is 1. The predicted octanol–water partition coefficient (Wildman–Crippen LogP) is 3.32. The van der Waals surface area contributed by atoms with Crippen LogP contribution in [-0.4, -0.2) is 18.1 Å². The van der Waals surface area contributed by atoms with E-state index in [9.17, 15) is 4.39 Å². The van der Waals surface area contributed by atoms with Gasteiger partial charge in [0.05, 0.1) is 0 Å². The normalized spacial score (nSPS) is 11.5. The molecule has 4 nitrogen and oxygen atoms in total. The maximum Gasteiger partial charge on any atom is 0.172 e. The minimum absolute atomic E-state index is 0.118. The molecule has 3 N–H and O–H groups in total. The van der Waals surface area contributed by atoms with Crippen molar-refractivity contribution in [1.29, 1.82) is 0 Å². The zero-order chi connectivity index (χ0) is 15.4. The van der Waals surface area contributed by atoms with Crippen LogP contribution in [0.3, 0.4) is 0 Å². The van der Waals surface area contributed by atoms with Crippen LogP contribution in [0.2, 0.25) is 0 Å². The summed E-state index contributed by atoms with van der Waals surface area (Å²) < 4.78 is 14.4. The largest absolute Gasteiger partial charge is 0.409 e. The van der Waals surface area contributed by atoms with Crippen molar-refractivity contribution in [2.45, 2.75) is 6.54 Å². The Bertz CT molecular complexity index is 658. The van der Waals surface area contributed by atoms with Gasteiger partial charge in [0, 0.05) is 29.3 Å². The number of hydrogen-bond donors (Lipinski definition) is 2. The summed E-state index contributed by atoms with van der Waals surface area (Å²) in [5, 5.41) is 11.8. The first-order valence-electron chi connectivity index (χ1n) is 6.24. The molecule has 0 amide bonds. The lowest BCUT2D eigenvalue weighted by molar-refractivity contribution is 0.318. The van der Waals surface area contributed by atoms with Crippen molar-refractivity contribution in [1.82, 2.24) is 0 Å². The van der Waals surface area contributed by atoms with Crippen molar-refractivity contribution in [3.63, 3.8) is 0 Å². The number of rotatable bonds is 4. The van der Waals surface area contributed by atoms with E-state index in [4.69, 9.17) is 10.9 Å². The second-order valence-electron chi connectivity index (χ2n) is 4.63. The van der Waals surface area contributed by atoms with Gasteiger partial charge in [0.2, 0.25) is 0 Å². The molecule has 0 unspecified atom stereocenters. The first-order valence-corrected chi connectivity index (χ1v) is 7.03. The lowest BCUT2D eigenvalue weighted by Gasteiger charge is -2.22. The highest BCUT2D eigenvalue weighted by Gasteiger charge is 2.12. The summed E-state index contributed by atoms with van der Waals surface area (Å²) in [7, 11) is 1.86. The lowest BCUT2D eigenvalue weighted by atomic mass is 10.1. The fourth-order valence-electron chi connectivity index (χ4n) is 2.05. The van der Waals surface area contributed by atoms with Gasteiger partial charge in [0.1, 0.15) is 5.82 Å². The number of nitrogens with zero attached hydrogens (tertiary/aromatic N) is 2. The quantitative estimate of drug-likeness (QED) is 0.384. The summed E-state index contributed by atoms with van der Waals surface area (Å²) in [4.78, 5) is 1.91. The molecule has 0 heterocycles. The van der Waals surface area contributed by atoms with Crippen molar-refractivity contribution in [3.8, 4) is 0 Å². The molecule has 0 aliphatic heterocycles. The molecule has 2 aromatic carbocycles. The molecule has 0 spiro atoms. The van der Waals surface area contributed by atoms with E-state index in [1.165, 1.54) is 12.1 Å². The Labute approximate surface area is 130 Å². The summed E-state index contributed by atoms with van der Waals surface area (Å²) >= 11 is 3.39. The molecule has 0 saturated carbocycles.